The van der Waals surface area contributed by atoms with Crippen molar-refractivity contribution in [2.75, 3.05) is 27.2 Å². The maximum Gasteiger partial charge on any atom is 0.416 e. The molecule has 1 fully saturated rings. The highest BCUT2D eigenvalue weighted by atomic mass is 16.2. The molecule has 0 aromatic heterocycles. The zero-order valence-corrected chi connectivity index (χ0v) is 12.7. The Bertz CT molecular complexity index is 620. The molecule has 0 saturated carbocycles. The van der Waals surface area contributed by atoms with Gasteiger partial charge in [0.15, 0.2) is 0 Å². The molecule has 3 amide bonds. The Morgan fingerprint density at radius 3 is 2.71 bits per heavy atom. The van der Waals surface area contributed by atoms with Gasteiger partial charge in [0.25, 0.3) is 5.91 Å². The van der Waals surface area contributed by atoms with E-state index in [1.54, 1.807) is 19.1 Å². The molecular formula is C13H19N6O2+. The van der Waals surface area contributed by atoms with Crippen LogP contribution in [0.1, 0.15) is 20.3 Å². The van der Waals surface area contributed by atoms with Crippen LogP contribution in [-0.4, -0.2) is 82.1 Å². The van der Waals surface area contributed by atoms with Gasteiger partial charge in [0.05, 0.1) is 12.8 Å². The van der Waals surface area contributed by atoms with Gasteiger partial charge in [-0.15, -0.1) is 10.1 Å². The van der Waals surface area contributed by atoms with E-state index in [-0.39, 0.29) is 11.9 Å². The lowest BCUT2D eigenvalue weighted by atomic mass is 10.1. The lowest BCUT2D eigenvalue weighted by Gasteiger charge is -2.34. The van der Waals surface area contributed by atoms with E-state index in [0.717, 1.165) is 12.1 Å². The second kappa shape index (κ2) is 4.64. The summed E-state index contributed by atoms with van der Waals surface area (Å²) in [6, 6.07) is -0.834. The number of carbonyl (C=O) groups excluding carboxylic acids is 2. The SMILES string of the molecule is CCCN1C(=O)C2C(=NC3=[N+]2CC(C)=NN3C)N(C)C1=O. The van der Waals surface area contributed by atoms with Gasteiger partial charge in [-0.3, -0.25) is 14.6 Å². The second-order valence-electron chi connectivity index (χ2n) is 5.49. The highest BCUT2D eigenvalue weighted by molar-refractivity contribution is 6.23. The van der Waals surface area contributed by atoms with Crippen LogP contribution in [-0.2, 0) is 4.79 Å². The number of aliphatic imine (C=N–C) groups is 1. The van der Waals surface area contributed by atoms with Crippen molar-refractivity contribution in [2.24, 2.45) is 10.1 Å². The minimum Gasteiger partial charge on any atom is -0.270 e. The quantitative estimate of drug-likeness (QED) is 0.659. The summed E-state index contributed by atoms with van der Waals surface area (Å²) >= 11 is 0. The van der Waals surface area contributed by atoms with Crippen molar-refractivity contribution >= 4 is 29.4 Å². The first kappa shape index (κ1) is 13.7. The number of amidine groups is 1. The van der Waals surface area contributed by atoms with E-state index >= 15 is 0 Å². The monoisotopic (exact) mass is 291 g/mol. The summed E-state index contributed by atoms with van der Waals surface area (Å²) in [5, 5.41) is 6.00. The van der Waals surface area contributed by atoms with Gasteiger partial charge in [-0.25, -0.2) is 9.37 Å². The first-order valence-corrected chi connectivity index (χ1v) is 7.04. The van der Waals surface area contributed by atoms with E-state index in [4.69, 9.17) is 0 Å². The Hall–Kier alpha value is -2.25. The minimum atomic E-state index is -0.526. The Morgan fingerprint density at radius 2 is 2.05 bits per heavy atom. The molecule has 3 rings (SSSR count). The van der Waals surface area contributed by atoms with Crippen molar-refractivity contribution in [1.29, 1.82) is 0 Å². The predicted molar refractivity (Wildman–Crippen MR) is 77.4 cm³/mol. The third kappa shape index (κ3) is 1.85. The first-order valence-electron chi connectivity index (χ1n) is 7.04. The van der Waals surface area contributed by atoms with Crippen molar-refractivity contribution < 1.29 is 14.2 Å². The van der Waals surface area contributed by atoms with Gasteiger partial charge in [0.2, 0.25) is 11.9 Å². The van der Waals surface area contributed by atoms with Crippen LogP contribution in [0.2, 0.25) is 0 Å². The van der Waals surface area contributed by atoms with Crippen molar-refractivity contribution in [3.63, 3.8) is 0 Å². The molecule has 3 aliphatic rings. The maximum absolute atomic E-state index is 12.7. The molecule has 21 heavy (non-hydrogen) atoms. The lowest BCUT2D eigenvalue weighted by molar-refractivity contribution is -0.527. The summed E-state index contributed by atoms with van der Waals surface area (Å²) in [6.07, 6.45) is 0.738. The summed E-state index contributed by atoms with van der Waals surface area (Å²) in [5.74, 6) is 0.910. The summed E-state index contributed by atoms with van der Waals surface area (Å²) in [5.41, 5.74) is 0.909. The number of nitrogens with zero attached hydrogens (tertiary/aromatic N) is 6. The standard InChI is InChI=1S/C13H19N6O2/c1-5-6-18-11(20)9-10(16(3)13(18)21)14-12-17(4)15-8(2)7-19(9)12/h9H,5-7H2,1-4H3/q+1. The van der Waals surface area contributed by atoms with Crippen LogP contribution in [0.15, 0.2) is 10.1 Å². The third-order valence-corrected chi connectivity index (χ3v) is 3.85. The van der Waals surface area contributed by atoms with Gasteiger partial charge in [0, 0.05) is 13.6 Å². The van der Waals surface area contributed by atoms with Crippen LogP contribution in [0.25, 0.3) is 0 Å². The van der Waals surface area contributed by atoms with Crippen LogP contribution >= 0.6 is 0 Å². The van der Waals surface area contributed by atoms with Gasteiger partial charge in [0.1, 0.15) is 6.54 Å². The van der Waals surface area contributed by atoms with Gasteiger partial charge in [-0.05, 0) is 13.3 Å². The Morgan fingerprint density at radius 1 is 1.33 bits per heavy atom. The number of hydrogen-bond acceptors (Lipinski definition) is 5. The van der Waals surface area contributed by atoms with E-state index in [0.29, 0.717) is 24.9 Å². The van der Waals surface area contributed by atoms with Crippen LogP contribution in [0, 0.1) is 0 Å². The Labute approximate surface area is 123 Å². The summed E-state index contributed by atoms with van der Waals surface area (Å²) in [7, 11) is 3.46. The van der Waals surface area contributed by atoms with E-state index in [1.807, 2.05) is 18.4 Å². The fourth-order valence-electron chi connectivity index (χ4n) is 2.93. The molecule has 0 N–H and O–H groups in total. The number of urea groups is 1. The Balaban J connectivity index is 2.02. The van der Waals surface area contributed by atoms with Crippen LogP contribution < -0.4 is 0 Å². The van der Waals surface area contributed by atoms with E-state index in [1.165, 1.54) is 9.80 Å². The lowest BCUT2D eigenvalue weighted by Crippen LogP contribution is -2.63. The average Bonchev–Trinajstić information content (AvgIpc) is 2.81. The van der Waals surface area contributed by atoms with Crippen LogP contribution in [0.5, 0.6) is 0 Å². The van der Waals surface area contributed by atoms with Crippen molar-refractivity contribution in [2.45, 2.75) is 26.3 Å². The molecule has 8 nitrogen and oxygen atoms in total. The number of fused-ring (bicyclic) bond motifs is 2. The van der Waals surface area contributed by atoms with E-state index in [2.05, 4.69) is 10.1 Å². The molecule has 0 aliphatic carbocycles. The van der Waals surface area contributed by atoms with Crippen molar-refractivity contribution in [3.8, 4) is 0 Å². The average molecular weight is 291 g/mol. The maximum atomic E-state index is 12.7. The van der Waals surface area contributed by atoms with Gasteiger partial charge in [-0.1, -0.05) is 11.9 Å². The second-order valence-corrected chi connectivity index (χ2v) is 5.49. The number of amides is 3. The third-order valence-electron chi connectivity index (χ3n) is 3.85. The van der Waals surface area contributed by atoms with Crippen LogP contribution in [0.4, 0.5) is 4.79 Å². The topological polar surface area (TPSA) is 71.6 Å². The number of carbonyl (C=O) groups is 2. The van der Waals surface area contributed by atoms with Gasteiger partial charge in [-0.2, -0.15) is 0 Å². The molecule has 112 valence electrons. The molecule has 0 aromatic rings. The number of guanidine groups is 1. The van der Waals surface area contributed by atoms with Crippen molar-refractivity contribution in [3.05, 3.63) is 0 Å². The molecule has 0 spiro atoms. The van der Waals surface area contributed by atoms with Gasteiger partial charge < -0.3 is 0 Å². The molecule has 1 atom stereocenters. The first-order chi connectivity index (χ1) is 9.95. The summed E-state index contributed by atoms with van der Waals surface area (Å²) in [6.45, 7) is 4.84. The molecule has 3 heterocycles. The number of hydrogen-bond donors (Lipinski definition) is 0. The molecule has 0 aromatic carbocycles. The largest absolute Gasteiger partial charge is 0.416 e. The predicted octanol–water partition coefficient (Wildman–Crippen LogP) is -0.239. The number of hydrazone groups is 1. The van der Waals surface area contributed by atoms with Crippen LogP contribution in [0.3, 0.4) is 0 Å². The fourth-order valence-corrected chi connectivity index (χ4v) is 2.93. The normalized spacial score (nSPS) is 25.1. The molecule has 0 radical (unpaired) electrons. The number of likely N-dealkylation sites (N-methyl/N-ethyl adjacent to an activating group) is 1. The fraction of sp³-hybridized carbons (Fsp3) is 0.615. The van der Waals surface area contributed by atoms with E-state index in [9.17, 15) is 9.59 Å². The smallest absolute Gasteiger partial charge is 0.270 e. The zero-order valence-electron chi connectivity index (χ0n) is 12.7. The van der Waals surface area contributed by atoms with Gasteiger partial charge >= 0.3 is 12.0 Å². The molecule has 8 heteroatoms. The molecule has 1 saturated heterocycles. The molecule has 1 unspecified atom stereocenters. The highest BCUT2D eigenvalue weighted by Gasteiger charge is 2.53. The number of rotatable bonds is 2. The minimum absolute atomic E-state index is 0.197. The summed E-state index contributed by atoms with van der Waals surface area (Å²) in [4.78, 5) is 32.2. The van der Waals surface area contributed by atoms with Crippen molar-refractivity contribution in [1.82, 2.24) is 14.8 Å². The van der Waals surface area contributed by atoms with E-state index < -0.39 is 6.04 Å². The highest BCUT2D eigenvalue weighted by Crippen LogP contribution is 2.22. The Kier molecular flexibility index (Phi) is 3.03. The summed E-state index contributed by atoms with van der Waals surface area (Å²) < 4.78 is 1.91. The number of imide groups is 1. The molecular weight excluding hydrogens is 272 g/mol. The zero-order chi connectivity index (χ0) is 15.3. The molecule has 3 aliphatic heterocycles. The molecule has 0 bridgehead atoms.